The van der Waals surface area contributed by atoms with Crippen molar-refractivity contribution in [1.29, 1.82) is 0 Å². The smallest absolute Gasteiger partial charge is 0.0640 e. The molecule has 1 nitrogen and oxygen atoms in total. The molecule has 0 spiro atoms. The van der Waals surface area contributed by atoms with Gasteiger partial charge in [-0.2, -0.15) is 0 Å². The van der Waals surface area contributed by atoms with Gasteiger partial charge in [0.15, 0.2) is 0 Å². The fourth-order valence-corrected chi connectivity index (χ4v) is 2.59. The average molecular weight is 345 g/mol. The van der Waals surface area contributed by atoms with Gasteiger partial charge in [-0.05, 0) is 42.3 Å². The van der Waals surface area contributed by atoms with Crippen molar-refractivity contribution in [2.75, 3.05) is 5.32 Å². The second kappa shape index (κ2) is 5.96. The highest BCUT2D eigenvalue weighted by atomic mass is 79.9. The molecule has 0 fully saturated rings. The van der Waals surface area contributed by atoms with Gasteiger partial charge >= 0.3 is 0 Å². The average Bonchev–Trinajstić information content (AvgIpc) is 2.33. The van der Waals surface area contributed by atoms with Gasteiger partial charge in [0.2, 0.25) is 0 Å². The monoisotopic (exact) mass is 343 g/mol. The fourth-order valence-electron chi connectivity index (χ4n) is 1.72. The highest BCUT2D eigenvalue weighted by Crippen LogP contribution is 2.27. The van der Waals surface area contributed by atoms with E-state index in [-0.39, 0.29) is 0 Å². The van der Waals surface area contributed by atoms with Crippen LogP contribution in [0.2, 0.25) is 10.0 Å². The zero-order valence-corrected chi connectivity index (χ0v) is 12.9. The molecule has 2 aromatic carbocycles. The summed E-state index contributed by atoms with van der Waals surface area (Å²) in [7, 11) is 0. The molecule has 18 heavy (non-hydrogen) atoms. The highest BCUT2D eigenvalue weighted by Gasteiger charge is 2.05. The molecule has 0 heterocycles. The van der Waals surface area contributed by atoms with Crippen LogP contribution in [0, 0.1) is 6.92 Å². The van der Waals surface area contributed by atoms with Gasteiger partial charge in [-0.15, -0.1) is 0 Å². The van der Waals surface area contributed by atoms with Crippen LogP contribution in [-0.4, -0.2) is 0 Å². The Hall–Kier alpha value is -0.700. The molecular formula is C14H12BrCl2N. The minimum Gasteiger partial charge on any atom is -0.380 e. The maximum absolute atomic E-state index is 6.17. The molecule has 0 aliphatic rings. The van der Waals surface area contributed by atoms with Crippen LogP contribution >= 0.6 is 39.1 Å². The van der Waals surface area contributed by atoms with E-state index in [1.165, 1.54) is 0 Å². The molecule has 0 bridgehead atoms. The maximum atomic E-state index is 6.17. The number of anilines is 1. The molecule has 1 N–H and O–H groups in total. The third-order valence-corrected chi connectivity index (χ3v) is 4.01. The molecule has 94 valence electrons. The second-order valence-electron chi connectivity index (χ2n) is 4.02. The first-order chi connectivity index (χ1) is 8.58. The van der Waals surface area contributed by atoms with Gasteiger partial charge in [0.25, 0.3) is 0 Å². The minimum atomic E-state index is 0.672. The lowest BCUT2D eigenvalue weighted by molar-refractivity contribution is 1.13. The van der Waals surface area contributed by atoms with E-state index in [9.17, 15) is 0 Å². The molecule has 2 rings (SSSR count). The van der Waals surface area contributed by atoms with Gasteiger partial charge in [-0.25, -0.2) is 0 Å². The normalized spacial score (nSPS) is 10.4. The SMILES string of the molecule is Cc1cccc(Cl)c1NCc1cc(Cl)ccc1Br. The predicted molar refractivity (Wildman–Crippen MR) is 82.7 cm³/mol. The largest absolute Gasteiger partial charge is 0.380 e. The number of hydrogen-bond acceptors (Lipinski definition) is 1. The number of rotatable bonds is 3. The molecule has 0 aromatic heterocycles. The molecule has 4 heteroatoms. The van der Waals surface area contributed by atoms with E-state index in [0.29, 0.717) is 6.54 Å². The Labute approximate surface area is 125 Å². The minimum absolute atomic E-state index is 0.672. The van der Waals surface area contributed by atoms with Crippen LogP contribution in [0.25, 0.3) is 0 Å². The molecule has 0 aliphatic heterocycles. The zero-order valence-electron chi connectivity index (χ0n) is 9.81. The number of halogens is 3. The molecule has 0 saturated heterocycles. The second-order valence-corrected chi connectivity index (χ2v) is 5.72. The molecule has 0 radical (unpaired) electrons. The van der Waals surface area contributed by atoms with Crippen molar-refractivity contribution in [2.24, 2.45) is 0 Å². The summed E-state index contributed by atoms with van der Waals surface area (Å²) in [6.45, 7) is 2.70. The summed E-state index contributed by atoms with van der Waals surface area (Å²) in [5, 5.41) is 4.80. The molecule has 0 unspecified atom stereocenters. The van der Waals surface area contributed by atoms with Crippen molar-refractivity contribution >= 4 is 44.8 Å². The maximum Gasteiger partial charge on any atom is 0.0640 e. The predicted octanol–water partition coefficient (Wildman–Crippen LogP) is 5.68. The van der Waals surface area contributed by atoms with E-state index in [1.807, 2.05) is 43.3 Å². The zero-order chi connectivity index (χ0) is 13.1. The van der Waals surface area contributed by atoms with Crippen molar-refractivity contribution in [3.63, 3.8) is 0 Å². The van der Waals surface area contributed by atoms with Crippen LogP contribution in [0.5, 0.6) is 0 Å². The van der Waals surface area contributed by atoms with Gasteiger partial charge in [-0.1, -0.05) is 51.3 Å². The lowest BCUT2D eigenvalue weighted by atomic mass is 10.2. The Morgan fingerprint density at radius 1 is 1.17 bits per heavy atom. The lowest BCUT2D eigenvalue weighted by Crippen LogP contribution is -2.02. The third-order valence-electron chi connectivity index (χ3n) is 2.69. The van der Waals surface area contributed by atoms with Gasteiger partial charge in [0, 0.05) is 16.0 Å². The quantitative estimate of drug-likeness (QED) is 0.755. The van der Waals surface area contributed by atoms with Gasteiger partial charge in [0.1, 0.15) is 0 Å². The standard InChI is InChI=1S/C14H12BrCl2N/c1-9-3-2-4-13(17)14(9)18-8-10-7-11(16)5-6-12(10)15/h2-7,18H,8H2,1H3. The first-order valence-corrected chi connectivity index (χ1v) is 7.06. The third kappa shape index (κ3) is 3.19. The summed E-state index contributed by atoms with van der Waals surface area (Å²) in [5.41, 5.74) is 3.19. The fraction of sp³-hybridized carbons (Fsp3) is 0.143. The first kappa shape index (κ1) is 13.7. The number of hydrogen-bond donors (Lipinski definition) is 1. The van der Waals surface area contributed by atoms with E-state index in [0.717, 1.165) is 31.3 Å². The van der Waals surface area contributed by atoms with Crippen LogP contribution in [0.1, 0.15) is 11.1 Å². The summed E-state index contributed by atoms with van der Waals surface area (Å²) < 4.78 is 1.03. The number of para-hydroxylation sites is 1. The summed E-state index contributed by atoms with van der Waals surface area (Å²) in [6, 6.07) is 11.6. The van der Waals surface area contributed by atoms with Crippen LogP contribution in [0.3, 0.4) is 0 Å². The Morgan fingerprint density at radius 2 is 1.94 bits per heavy atom. The van der Waals surface area contributed by atoms with Gasteiger partial charge in [0.05, 0.1) is 10.7 Å². The van der Waals surface area contributed by atoms with Crippen molar-refractivity contribution in [3.05, 3.63) is 62.0 Å². The van der Waals surface area contributed by atoms with E-state index < -0.39 is 0 Å². The number of aryl methyl sites for hydroxylation is 1. The molecule has 0 atom stereocenters. The molecular weight excluding hydrogens is 333 g/mol. The van der Waals surface area contributed by atoms with Crippen molar-refractivity contribution in [1.82, 2.24) is 0 Å². The summed E-state index contributed by atoms with van der Waals surface area (Å²) in [6.07, 6.45) is 0. The van der Waals surface area contributed by atoms with Crippen molar-refractivity contribution in [3.8, 4) is 0 Å². The number of benzene rings is 2. The summed E-state index contributed by atoms with van der Waals surface area (Å²) in [5.74, 6) is 0. The Bertz CT molecular complexity index is 549. The van der Waals surface area contributed by atoms with Crippen LogP contribution in [0.4, 0.5) is 5.69 Å². The summed E-state index contributed by atoms with van der Waals surface area (Å²) in [4.78, 5) is 0. The van der Waals surface area contributed by atoms with Gasteiger partial charge < -0.3 is 5.32 Å². The Balaban J connectivity index is 2.19. The highest BCUT2D eigenvalue weighted by molar-refractivity contribution is 9.10. The van der Waals surface area contributed by atoms with Crippen molar-refractivity contribution in [2.45, 2.75) is 13.5 Å². The first-order valence-electron chi connectivity index (χ1n) is 5.51. The topological polar surface area (TPSA) is 12.0 Å². The van der Waals surface area contributed by atoms with Crippen LogP contribution < -0.4 is 5.32 Å². The van der Waals surface area contributed by atoms with E-state index in [1.54, 1.807) is 0 Å². The van der Waals surface area contributed by atoms with E-state index in [4.69, 9.17) is 23.2 Å². The van der Waals surface area contributed by atoms with Crippen LogP contribution in [0.15, 0.2) is 40.9 Å². The molecule has 0 amide bonds. The molecule has 0 saturated carbocycles. The van der Waals surface area contributed by atoms with Crippen molar-refractivity contribution < 1.29 is 0 Å². The van der Waals surface area contributed by atoms with E-state index >= 15 is 0 Å². The molecule has 2 aromatic rings. The summed E-state index contributed by atoms with van der Waals surface area (Å²) >= 11 is 15.7. The van der Waals surface area contributed by atoms with E-state index in [2.05, 4.69) is 21.2 Å². The lowest BCUT2D eigenvalue weighted by Gasteiger charge is -2.12. The Morgan fingerprint density at radius 3 is 2.67 bits per heavy atom. The molecule has 0 aliphatic carbocycles. The number of nitrogens with one attached hydrogen (secondary N) is 1. The van der Waals surface area contributed by atoms with Gasteiger partial charge in [-0.3, -0.25) is 0 Å². The van der Waals surface area contributed by atoms with Crippen LogP contribution in [-0.2, 0) is 6.54 Å². The Kier molecular flexibility index (Phi) is 4.55.